The van der Waals surface area contributed by atoms with Gasteiger partial charge in [0.2, 0.25) is 5.91 Å². The summed E-state index contributed by atoms with van der Waals surface area (Å²) in [6.45, 7) is 5.95. The van der Waals surface area contributed by atoms with Crippen molar-refractivity contribution in [2.75, 3.05) is 5.32 Å². The van der Waals surface area contributed by atoms with E-state index in [1.54, 1.807) is 6.20 Å². The minimum atomic E-state index is -0.574. The molecule has 0 saturated carbocycles. The molecule has 0 aliphatic heterocycles. The predicted molar refractivity (Wildman–Crippen MR) is 107 cm³/mol. The third-order valence-electron chi connectivity index (χ3n) is 5.22. The van der Waals surface area contributed by atoms with Crippen LogP contribution < -0.4 is 5.32 Å². The average Bonchev–Trinajstić information content (AvgIpc) is 3.27. The van der Waals surface area contributed by atoms with Gasteiger partial charge < -0.3 is 5.32 Å². The number of thiazole rings is 1. The van der Waals surface area contributed by atoms with E-state index >= 15 is 0 Å². The monoisotopic (exact) mass is 360 g/mol. The Hall–Kier alpha value is -2.72. The molecule has 0 saturated heterocycles. The second kappa shape index (κ2) is 6.54. The Morgan fingerprint density at radius 1 is 1.31 bits per heavy atom. The lowest BCUT2D eigenvalue weighted by Gasteiger charge is -2.31. The summed E-state index contributed by atoms with van der Waals surface area (Å²) in [5.74, 6) is 0.0104. The van der Waals surface area contributed by atoms with Crippen molar-refractivity contribution >= 4 is 28.5 Å². The molecule has 0 unspecified atom stereocenters. The maximum atomic E-state index is 13.3. The van der Waals surface area contributed by atoms with Gasteiger partial charge in [-0.15, -0.1) is 11.3 Å². The van der Waals surface area contributed by atoms with E-state index in [4.69, 9.17) is 0 Å². The summed E-state index contributed by atoms with van der Waals surface area (Å²) in [6, 6.07) is 16.6. The molecule has 26 heavy (non-hydrogen) atoms. The third-order valence-corrected chi connectivity index (χ3v) is 5.90. The number of anilines is 1. The van der Waals surface area contributed by atoms with Crippen molar-refractivity contribution in [1.82, 2.24) is 4.98 Å². The van der Waals surface area contributed by atoms with Crippen LogP contribution in [0.3, 0.4) is 0 Å². The molecule has 1 amide bonds. The van der Waals surface area contributed by atoms with Gasteiger partial charge in [0.25, 0.3) is 0 Å². The van der Waals surface area contributed by atoms with Gasteiger partial charge >= 0.3 is 0 Å². The molecule has 0 spiro atoms. The molecule has 1 aliphatic carbocycles. The Morgan fingerprint density at radius 2 is 2.12 bits per heavy atom. The summed E-state index contributed by atoms with van der Waals surface area (Å²) in [5.41, 5.74) is 4.10. The van der Waals surface area contributed by atoms with Crippen molar-refractivity contribution in [2.45, 2.75) is 19.3 Å². The number of fused-ring (bicyclic) bond motifs is 1. The normalized spacial score (nSPS) is 21.2. The van der Waals surface area contributed by atoms with Gasteiger partial charge in [-0.3, -0.25) is 4.79 Å². The highest BCUT2D eigenvalue weighted by molar-refractivity contribution is 7.13. The Kier molecular flexibility index (Phi) is 4.21. The Labute approximate surface area is 157 Å². The highest BCUT2D eigenvalue weighted by Gasteiger charge is 2.48. The highest BCUT2D eigenvalue weighted by atomic mass is 32.1. The van der Waals surface area contributed by atoms with Crippen LogP contribution in [0.4, 0.5) is 5.13 Å². The first kappa shape index (κ1) is 16.7. The van der Waals surface area contributed by atoms with Crippen LogP contribution in [0.25, 0.3) is 6.08 Å². The first-order valence-corrected chi connectivity index (χ1v) is 9.51. The summed E-state index contributed by atoms with van der Waals surface area (Å²) in [7, 11) is 0. The van der Waals surface area contributed by atoms with Crippen LogP contribution in [0.15, 0.2) is 66.7 Å². The molecule has 2 aromatic carbocycles. The number of amides is 1. The fraction of sp³-hybridized carbons (Fsp3) is 0.182. The predicted octanol–water partition coefficient (Wildman–Crippen LogP) is 5.12. The number of aromatic nitrogens is 1. The van der Waals surface area contributed by atoms with E-state index in [0.29, 0.717) is 11.6 Å². The number of carbonyl (C=O) groups excluding carboxylic acids is 1. The quantitative estimate of drug-likeness (QED) is 0.702. The van der Waals surface area contributed by atoms with Gasteiger partial charge in [-0.2, -0.15) is 0 Å². The zero-order valence-corrected chi connectivity index (χ0v) is 15.4. The summed E-state index contributed by atoms with van der Waals surface area (Å²) in [4.78, 5) is 17.5. The Balaban J connectivity index is 1.80. The van der Waals surface area contributed by atoms with E-state index in [-0.39, 0.29) is 11.8 Å². The average molecular weight is 360 g/mol. The molecular formula is C22H20N2OS. The van der Waals surface area contributed by atoms with Crippen molar-refractivity contribution < 1.29 is 4.79 Å². The summed E-state index contributed by atoms with van der Waals surface area (Å²) in [5, 5.41) is 5.53. The molecule has 130 valence electrons. The van der Waals surface area contributed by atoms with Crippen LogP contribution in [0.1, 0.15) is 35.1 Å². The molecule has 0 fully saturated rings. The number of nitrogens with one attached hydrogen (secondary N) is 1. The molecule has 1 aliphatic rings. The van der Waals surface area contributed by atoms with Gasteiger partial charge in [0, 0.05) is 17.5 Å². The van der Waals surface area contributed by atoms with Gasteiger partial charge in [0.15, 0.2) is 5.13 Å². The summed E-state index contributed by atoms with van der Waals surface area (Å²) >= 11 is 1.44. The zero-order valence-electron chi connectivity index (χ0n) is 14.6. The fourth-order valence-corrected chi connectivity index (χ4v) is 4.46. The molecule has 1 aromatic heterocycles. The van der Waals surface area contributed by atoms with E-state index < -0.39 is 5.41 Å². The van der Waals surface area contributed by atoms with Crippen molar-refractivity contribution in [3.63, 3.8) is 0 Å². The second-order valence-electron chi connectivity index (χ2n) is 6.89. The standard InChI is InChI=1S/C22H20N2OS/c1-3-15-9-10-17-14-22(2,20(25)24-21-23-11-12-26-21)19(18(17)13-15)16-7-5-4-6-8-16/h3-13,19H,1,14H2,2H3,(H,23,24,25)/t19-,22+/m0/s1. The largest absolute Gasteiger partial charge is 0.301 e. The highest BCUT2D eigenvalue weighted by Crippen LogP contribution is 2.51. The van der Waals surface area contributed by atoms with Crippen molar-refractivity contribution in [3.05, 3.63) is 88.9 Å². The number of nitrogens with zero attached hydrogens (tertiary/aromatic N) is 1. The van der Waals surface area contributed by atoms with Crippen LogP contribution in [-0.4, -0.2) is 10.9 Å². The molecule has 4 heteroatoms. The SMILES string of the molecule is C=Cc1ccc2c(c1)[C@H](c1ccccc1)[C@](C)(C(=O)Nc1nccs1)C2. The van der Waals surface area contributed by atoms with E-state index in [0.717, 1.165) is 11.1 Å². The Morgan fingerprint density at radius 3 is 2.81 bits per heavy atom. The molecule has 4 rings (SSSR count). The lowest BCUT2D eigenvalue weighted by atomic mass is 9.73. The van der Waals surface area contributed by atoms with Crippen molar-refractivity contribution in [1.29, 1.82) is 0 Å². The zero-order chi connectivity index (χ0) is 18.1. The lowest BCUT2D eigenvalue weighted by molar-refractivity contribution is -0.125. The van der Waals surface area contributed by atoms with Gasteiger partial charge in [0.05, 0.1) is 5.41 Å². The molecule has 2 atom stereocenters. The second-order valence-corrected chi connectivity index (χ2v) is 7.79. The van der Waals surface area contributed by atoms with Crippen LogP contribution in [0.5, 0.6) is 0 Å². The first-order chi connectivity index (χ1) is 12.6. The topological polar surface area (TPSA) is 42.0 Å². The van der Waals surface area contributed by atoms with E-state index in [1.165, 1.54) is 22.5 Å². The Bertz CT molecular complexity index is 950. The molecule has 3 nitrogen and oxygen atoms in total. The van der Waals surface area contributed by atoms with Gasteiger partial charge in [-0.1, -0.05) is 61.2 Å². The molecule has 0 radical (unpaired) electrons. The smallest absolute Gasteiger partial charge is 0.233 e. The number of rotatable bonds is 4. The number of hydrogen-bond donors (Lipinski definition) is 1. The lowest BCUT2D eigenvalue weighted by Crippen LogP contribution is -2.37. The van der Waals surface area contributed by atoms with Gasteiger partial charge in [-0.05, 0) is 35.6 Å². The molecule has 0 bridgehead atoms. The van der Waals surface area contributed by atoms with Crippen molar-refractivity contribution in [3.8, 4) is 0 Å². The minimum absolute atomic E-state index is 0.00133. The minimum Gasteiger partial charge on any atom is -0.301 e. The van der Waals surface area contributed by atoms with Crippen LogP contribution in [0.2, 0.25) is 0 Å². The van der Waals surface area contributed by atoms with Crippen LogP contribution in [0, 0.1) is 5.41 Å². The molecular weight excluding hydrogens is 340 g/mol. The van der Waals surface area contributed by atoms with E-state index in [1.807, 2.05) is 29.7 Å². The summed E-state index contributed by atoms with van der Waals surface area (Å²) < 4.78 is 0. The molecule has 3 aromatic rings. The fourth-order valence-electron chi connectivity index (χ4n) is 3.94. The maximum absolute atomic E-state index is 13.3. The van der Waals surface area contributed by atoms with E-state index in [9.17, 15) is 4.79 Å². The van der Waals surface area contributed by atoms with Gasteiger partial charge in [-0.25, -0.2) is 4.98 Å². The van der Waals surface area contributed by atoms with Crippen LogP contribution in [-0.2, 0) is 11.2 Å². The third kappa shape index (κ3) is 2.76. The maximum Gasteiger partial charge on any atom is 0.233 e. The number of benzene rings is 2. The summed E-state index contributed by atoms with van der Waals surface area (Å²) in [6.07, 6.45) is 4.27. The molecule has 1 N–H and O–H groups in total. The van der Waals surface area contributed by atoms with Crippen LogP contribution >= 0.6 is 11.3 Å². The van der Waals surface area contributed by atoms with E-state index in [2.05, 4.69) is 54.1 Å². The first-order valence-electron chi connectivity index (χ1n) is 8.63. The van der Waals surface area contributed by atoms with Crippen molar-refractivity contribution in [2.24, 2.45) is 5.41 Å². The molecule has 1 heterocycles. The van der Waals surface area contributed by atoms with Gasteiger partial charge in [0.1, 0.15) is 0 Å². The number of carbonyl (C=O) groups is 1. The number of hydrogen-bond acceptors (Lipinski definition) is 3.